The summed E-state index contributed by atoms with van der Waals surface area (Å²) in [6, 6.07) is 0.624. The maximum atomic E-state index is 6.63. The first-order valence-corrected chi connectivity index (χ1v) is 21.8. The molecule has 0 N–H and O–H groups in total. The third-order valence-electron chi connectivity index (χ3n) is 12.3. The Morgan fingerprint density at radius 3 is 1.06 bits per heavy atom. The van der Waals surface area contributed by atoms with Gasteiger partial charge in [-0.25, -0.2) is 19.6 Å². The van der Waals surface area contributed by atoms with E-state index in [0.29, 0.717) is 12.1 Å². The summed E-state index contributed by atoms with van der Waals surface area (Å²) in [7, 11) is 0. The van der Waals surface area contributed by atoms with Crippen molar-refractivity contribution in [1.82, 2.24) is 0 Å². The Hall–Kier alpha value is -0.960. The highest BCUT2D eigenvalue weighted by atomic mass is 17.2. The largest absolute Gasteiger partial charge is 0.228 e. The van der Waals surface area contributed by atoms with Crippen molar-refractivity contribution in [2.45, 2.75) is 270 Å². The predicted octanol–water partition coefficient (Wildman–Crippen LogP) is 14.5. The molecule has 0 amide bonds. The zero-order valence-corrected chi connectivity index (χ0v) is 34.4. The monoisotopic (exact) mass is 707 g/mol. The first-order chi connectivity index (χ1) is 24.3. The van der Waals surface area contributed by atoms with Crippen LogP contribution < -0.4 is 0 Å². The summed E-state index contributed by atoms with van der Waals surface area (Å²) in [5.41, 5.74) is -2.39. The lowest BCUT2D eigenvalue weighted by Gasteiger charge is -2.39. The van der Waals surface area contributed by atoms with E-state index in [0.717, 1.165) is 103 Å². The summed E-state index contributed by atoms with van der Waals surface area (Å²) in [6.45, 7) is 17.7. The molecule has 0 aromatic heterocycles. The van der Waals surface area contributed by atoms with Crippen LogP contribution in [0.25, 0.3) is 0 Å². The molecular weight excluding hydrogens is 624 g/mol. The van der Waals surface area contributed by atoms with Gasteiger partial charge < -0.3 is 0 Å². The van der Waals surface area contributed by atoms with E-state index < -0.39 is 22.7 Å². The minimum atomic E-state index is -0.741. The maximum absolute atomic E-state index is 6.63. The predicted molar refractivity (Wildman–Crippen MR) is 207 cm³/mol. The molecule has 8 nitrogen and oxygen atoms in total. The van der Waals surface area contributed by atoms with Gasteiger partial charge in [-0.05, 0) is 89.9 Å². The van der Waals surface area contributed by atoms with Crippen molar-refractivity contribution in [3.8, 4) is 0 Å². The third kappa shape index (κ3) is 15.6. The van der Waals surface area contributed by atoms with E-state index in [1.54, 1.807) is 0 Å². The van der Waals surface area contributed by atoms with Gasteiger partial charge in [-0.3, -0.25) is 0 Å². The van der Waals surface area contributed by atoms with Crippen LogP contribution >= 0.6 is 0 Å². The van der Waals surface area contributed by atoms with E-state index in [4.69, 9.17) is 40.0 Å². The second-order valence-corrected chi connectivity index (χ2v) is 15.8. The zero-order chi connectivity index (χ0) is 36.6. The number of rotatable bonds is 29. The third-order valence-corrected chi connectivity index (χ3v) is 12.3. The quantitative estimate of drug-likeness (QED) is 0.0335. The molecule has 0 aromatic carbocycles. The zero-order valence-electron chi connectivity index (χ0n) is 34.4. The van der Waals surface area contributed by atoms with Crippen molar-refractivity contribution in [2.75, 3.05) is 0 Å². The van der Waals surface area contributed by atoms with Crippen molar-refractivity contribution in [1.29, 1.82) is 0 Å². The van der Waals surface area contributed by atoms with Gasteiger partial charge in [-0.1, -0.05) is 132 Å². The van der Waals surface area contributed by atoms with E-state index in [-0.39, 0.29) is 0 Å². The van der Waals surface area contributed by atoms with Crippen LogP contribution in [-0.4, -0.2) is 34.7 Å². The Morgan fingerprint density at radius 1 is 0.400 bits per heavy atom. The van der Waals surface area contributed by atoms with E-state index in [9.17, 15) is 0 Å². The van der Waals surface area contributed by atoms with Gasteiger partial charge in [-0.15, -0.1) is 0 Å². The molecule has 50 heavy (non-hydrogen) atoms. The Bertz CT molecular complexity index is 824. The Morgan fingerprint density at radius 2 is 0.760 bits per heavy atom. The molecule has 0 bridgehead atoms. The molecule has 0 spiro atoms. The molecule has 2 unspecified atom stereocenters. The van der Waals surface area contributed by atoms with Crippen molar-refractivity contribution in [3.63, 3.8) is 0 Å². The normalized spacial score (nSPS) is 19.8. The molecule has 0 radical (unpaired) electrons. The summed E-state index contributed by atoms with van der Waals surface area (Å²) >= 11 is 0. The molecule has 2 rings (SSSR count). The fourth-order valence-electron chi connectivity index (χ4n) is 7.57. The molecule has 2 atom stereocenters. The van der Waals surface area contributed by atoms with Crippen LogP contribution in [0, 0.1) is 0 Å². The van der Waals surface area contributed by atoms with Gasteiger partial charge in [0.2, 0.25) is 11.4 Å². The average molecular weight is 707 g/mol. The minimum Gasteiger partial charge on any atom is -0.228 e. The van der Waals surface area contributed by atoms with Crippen LogP contribution in [0.1, 0.15) is 235 Å². The van der Waals surface area contributed by atoms with E-state index >= 15 is 0 Å². The highest BCUT2D eigenvalue weighted by molar-refractivity contribution is 4.86. The summed E-state index contributed by atoms with van der Waals surface area (Å²) in [4.78, 5) is 26.4. The molecule has 294 valence electrons. The summed E-state index contributed by atoms with van der Waals surface area (Å²) in [5, 5.41) is 19.7. The van der Waals surface area contributed by atoms with Crippen LogP contribution in [0.2, 0.25) is 0 Å². The highest BCUT2D eigenvalue weighted by Crippen LogP contribution is 2.39. The minimum absolute atomic E-state index is 0.312. The molecular formula is C42H82N4O4. The van der Waals surface area contributed by atoms with Crippen molar-refractivity contribution >= 4 is 0 Å². The van der Waals surface area contributed by atoms with E-state index in [1.807, 2.05) is 0 Å². The highest BCUT2D eigenvalue weighted by Gasteiger charge is 2.41. The average Bonchev–Trinajstić information content (AvgIpc) is 3.18. The van der Waals surface area contributed by atoms with Crippen LogP contribution in [0.15, 0.2) is 20.5 Å². The van der Waals surface area contributed by atoms with Gasteiger partial charge in [-0.2, -0.15) is 20.5 Å². The molecule has 0 aliphatic heterocycles. The Balaban J connectivity index is 2.21. The summed E-state index contributed by atoms with van der Waals surface area (Å²) in [6.07, 6.45) is 29.6. The first kappa shape index (κ1) is 45.2. The molecule has 2 aliphatic carbocycles. The van der Waals surface area contributed by atoms with Gasteiger partial charge in [0, 0.05) is 12.8 Å². The second kappa shape index (κ2) is 25.1. The van der Waals surface area contributed by atoms with Crippen LogP contribution in [0.3, 0.4) is 0 Å². The van der Waals surface area contributed by atoms with Crippen LogP contribution in [0.5, 0.6) is 0 Å². The molecule has 2 saturated carbocycles. The molecule has 2 fully saturated rings. The molecule has 0 aromatic rings. The van der Waals surface area contributed by atoms with E-state index in [2.05, 4.69) is 55.4 Å². The lowest BCUT2D eigenvalue weighted by molar-refractivity contribution is -0.430. The number of nitrogens with zero attached hydrogens (tertiary/aromatic N) is 4. The maximum Gasteiger partial charge on any atom is 0.212 e. The van der Waals surface area contributed by atoms with Crippen molar-refractivity contribution in [2.24, 2.45) is 20.5 Å². The fourth-order valence-corrected chi connectivity index (χ4v) is 7.57. The summed E-state index contributed by atoms with van der Waals surface area (Å²) < 4.78 is 0. The van der Waals surface area contributed by atoms with Crippen LogP contribution in [0.4, 0.5) is 0 Å². The standard InChI is InChI=1S/C42H82N4O4/c1-9-17-19-27-33-41(15-7,45-43-37-29-23-21-24-30-37)49-47-39(11-3,12-4)35-36-40(13-5,14-6)48-50-42(16-8,34-28-20-18-10-2)46-44-38-31-25-22-26-32-38/h37-38H,9-36H2,1-8H3/b45-43+,46-44+. The van der Waals surface area contributed by atoms with Gasteiger partial charge in [0.15, 0.2) is 0 Å². The summed E-state index contributed by atoms with van der Waals surface area (Å²) in [5.74, 6) is 0. The lowest BCUT2D eigenvalue weighted by atomic mass is 9.83. The van der Waals surface area contributed by atoms with E-state index in [1.165, 1.54) is 77.0 Å². The molecule has 8 heteroatoms. The number of azo groups is 2. The van der Waals surface area contributed by atoms with Crippen molar-refractivity contribution in [3.05, 3.63) is 0 Å². The SMILES string of the molecule is CCCCCCC(CC)(/N=N/C1CCCCC1)OOC(CC)(CC)CCC(CC)(CC)OOC(CC)(CCCCCC)/N=N/C1CCCCC1. The van der Waals surface area contributed by atoms with Crippen molar-refractivity contribution < 1.29 is 19.6 Å². The van der Waals surface area contributed by atoms with Gasteiger partial charge in [0.25, 0.3) is 0 Å². The van der Waals surface area contributed by atoms with Crippen LogP contribution in [-0.2, 0) is 19.6 Å². The van der Waals surface area contributed by atoms with Gasteiger partial charge in [0.1, 0.15) is 11.2 Å². The number of unbranched alkanes of at least 4 members (excludes halogenated alkanes) is 6. The Labute approximate surface area is 309 Å². The lowest BCUT2D eigenvalue weighted by Crippen LogP contribution is -2.42. The smallest absolute Gasteiger partial charge is 0.212 e. The number of hydrogen-bond donors (Lipinski definition) is 0. The number of hydrogen-bond acceptors (Lipinski definition) is 8. The van der Waals surface area contributed by atoms with Gasteiger partial charge in [0.05, 0.1) is 12.1 Å². The Kier molecular flexibility index (Phi) is 22.7. The topological polar surface area (TPSA) is 86.4 Å². The van der Waals surface area contributed by atoms with Gasteiger partial charge >= 0.3 is 0 Å². The second-order valence-electron chi connectivity index (χ2n) is 15.8. The fraction of sp³-hybridized carbons (Fsp3) is 1.00. The first-order valence-electron chi connectivity index (χ1n) is 21.8. The molecule has 2 aliphatic rings. The molecule has 0 saturated heterocycles. The molecule has 0 heterocycles.